The SMILES string of the molecule is O=C(O)CCN(c1ccc(F)c(Cl)c1)S(=O)(=O)c1ccc(Br)cc1. The van der Waals surface area contributed by atoms with Gasteiger partial charge >= 0.3 is 5.97 Å². The van der Waals surface area contributed by atoms with Gasteiger partial charge in [0.1, 0.15) is 5.82 Å². The molecule has 0 radical (unpaired) electrons. The summed E-state index contributed by atoms with van der Waals surface area (Å²) in [6, 6.07) is 9.30. The second-order valence-electron chi connectivity index (χ2n) is 4.77. The second kappa shape index (κ2) is 7.50. The molecule has 0 bridgehead atoms. The van der Waals surface area contributed by atoms with E-state index in [1.54, 1.807) is 12.1 Å². The molecule has 0 aliphatic rings. The van der Waals surface area contributed by atoms with Crippen LogP contribution >= 0.6 is 27.5 Å². The number of benzene rings is 2. The number of aliphatic carboxylic acids is 1. The molecule has 0 aliphatic heterocycles. The maximum atomic E-state index is 13.3. The summed E-state index contributed by atoms with van der Waals surface area (Å²) in [7, 11) is -4.03. The van der Waals surface area contributed by atoms with E-state index < -0.39 is 28.2 Å². The molecule has 0 heterocycles. The molecular formula is C15H12BrClFNO4S. The first kappa shape index (κ1) is 18.7. The fourth-order valence-corrected chi connectivity index (χ4v) is 3.86. The lowest BCUT2D eigenvalue weighted by molar-refractivity contribution is -0.136. The van der Waals surface area contributed by atoms with E-state index in [2.05, 4.69) is 15.9 Å². The predicted molar refractivity (Wildman–Crippen MR) is 92.3 cm³/mol. The zero-order valence-electron chi connectivity index (χ0n) is 12.1. The smallest absolute Gasteiger partial charge is 0.305 e. The molecular weight excluding hydrogens is 425 g/mol. The summed E-state index contributed by atoms with van der Waals surface area (Å²) in [5.41, 5.74) is 0.0885. The lowest BCUT2D eigenvalue weighted by Crippen LogP contribution is -2.33. The van der Waals surface area contributed by atoms with Crippen LogP contribution in [0.25, 0.3) is 0 Å². The first-order valence-electron chi connectivity index (χ1n) is 6.67. The van der Waals surface area contributed by atoms with Crippen LogP contribution in [0.1, 0.15) is 6.42 Å². The third-order valence-electron chi connectivity index (χ3n) is 3.12. The molecule has 2 aromatic rings. The van der Waals surface area contributed by atoms with Gasteiger partial charge in [-0.2, -0.15) is 0 Å². The number of sulfonamides is 1. The van der Waals surface area contributed by atoms with Gasteiger partial charge in [0.2, 0.25) is 0 Å². The summed E-state index contributed by atoms with van der Waals surface area (Å²) in [6.07, 6.45) is -0.412. The molecule has 0 unspecified atom stereocenters. The van der Waals surface area contributed by atoms with Gasteiger partial charge in [0.15, 0.2) is 0 Å². The van der Waals surface area contributed by atoms with Crippen molar-refractivity contribution in [2.45, 2.75) is 11.3 Å². The Morgan fingerprint density at radius 3 is 2.38 bits per heavy atom. The first-order valence-corrected chi connectivity index (χ1v) is 9.28. The van der Waals surface area contributed by atoms with Gasteiger partial charge in [0.05, 0.1) is 22.0 Å². The minimum Gasteiger partial charge on any atom is -0.481 e. The number of carboxylic acid groups (broad SMARTS) is 1. The molecule has 0 saturated carbocycles. The monoisotopic (exact) mass is 435 g/mol. The van der Waals surface area contributed by atoms with Gasteiger partial charge in [-0.3, -0.25) is 9.10 Å². The van der Waals surface area contributed by atoms with Gasteiger partial charge in [-0.05, 0) is 42.5 Å². The summed E-state index contributed by atoms with van der Waals surface area (Å²) in [6.45, 7) is -0.310. The van der Waals surface area contributed by atoms with Crippen LogP contribution in [0.4, 0.5) is 10.1 Å². The Bertz CT molecular complexity index is 858. The predicted octanol–water partition coefficient (Wildman–Crippen LogP) is 3.91. The van der Waals surface area contributed by atoms with E-state index in [1.165, 1.54) is 18.2 Å². The molecule has 0 atom stereocenters. The zero-order valence-corrected chi connectivity index (χ0v) is 15.3. The molecule has 0 aliphatic carbocycles. The van der Waals surface area contributed by atoms with Crippen molar-refractivity contribution in [2.24, 2.45) is 0 Å². The molecule has 0 spiro atoms. The second-order valence-corrected chi connectivity index (χ2v) is 7.96. The number of nitrogens with zero attached hydrogens (tertiary/aromatic N) is 1. The van der Waals surface area contributed by atoms with E-state index in [-0.39, 0.29) is 22.2 Å². The van der Waals surface area contributed by atoms with Crippen LogP contribution in [0.3, 0.4) is 0 Å². The van der Waals surface area contributed by atoms with E-state index in [0.29, 0.717) is 4.47 Å². The Kier molecular flexibility index (Phi) is 5.84. The van der Waals surface area contributed by atoms with Crippen LogP contribution in [0.15, 0.2) is 51.8 Å². The summed E-state index contributed by atoms with van der Waals surface area (Å²) in [4.78, 5) is 10.8. The highest BCUT2D eigenvalue weighted by molar-refractivity contribution is 9.10. The van der Waals surface area contributed by atoms with Crippen molar-refractivity contribution in [2.75, 3.05) is 10.8 Å². The van der Waals surface area contributed by atoms with Gasteiger partial charge in [-0.1, -0.05) is 27.5 Å². The van der Waals surface area contributed by atoms with Crippen molar-refractivity contribution in [3.05, 3.63) is 57.8 Å². The Morgan fingerprint density at radius 1 is 1.21 bits per heavy atom. The number of carboxylic acids is 1. The maximum Gasteiger partial charge on any atom is 0.305 e. The standard InChI is InChI=1S/C15H12BrClFNO4S/c16-10-1-4-12(5-2-10)24(22,23)19(8-7-15(20)21)11-3-6-14(18)13(17)9-11/h1-6,9H,7-8H2,(H,20,21). The van der Waals surface area contributed by atoms with Crippen molar-refractivity contribution in [3.63, 3.8) is 0 Å². The third kappa shape index (κ3) is 4.25. The average molecular weight is 437 g/mol. The minimum absolute atomic E-state index is 0.0171. The van der Waals surface area contributed by atoms with Gasteiger partial charge in [0, 0.05) is 11.0 Å². The quantitative estimate of drug-likeness (QED) is 0.745. The number of carbonyl (C=O) groups is 1. The lowest BCUT2D eigenvalue weighted by atomic mass is 10.3. The molecule has 0 aromatic heterocycles. The largest absolute Gasteiger partial charge is 0.481 e. The Labute approximate surface area is 151 Å². The summed E-state index contributed by atoms with van der Waals surface area (Å²) in [5.74, 6) is -1.85. The molecule has 5 nitrogen and oxygen atoms in total. The molecule has 2 rings (SSSR count). The summed E-state index contributed by atoms with van der Waals surface area (Å²) < 4.78 is 40.6. The molecule has 0 amide bonds. The maximum absolute atomic E-state index is 13.3. The number of halogens is 3. The molecule has 0 fully saturated rings. The molecule has 24 heavy (non-hydrogen) atoms. The van der Waals surface area contributed by atoms with Crippen molar-refractivity contribution >= 4 is 49.2 Å². The van der Waals surface area contributed by atoms with Gasteiger partial charge < -0.3 is 5.11 Å². The first-order chi connectivity index (χ1) is 11.2. The summed E-state index contributed by atoms with van der Waals surface area (Å²) in [5, 5.41) is 8.62. The molecule has 9 heteroatoms. The van der Waals surface area contributed by atoms with Gasteiger partial charge in [-0.15, -0.1) is 0 Å². The van der Waals surface area contributed by atoms with Crippen LogP contribution in [0.2, 0.25) is 5.02 Å². The van der Waals surface area contributed by atoms with Crippen LogP contribution in [0.5, 0.6) is 0 Å². The average Bonchev–Trinajstić information content (AvgIpc) is 2.51. The van der Waals surface area contributed by atoms with Crippen molar-refractivity contribution < 1.29 is 22.7 Å². The number of hydrogen-bond acceptors (Lipinski definition) is 3. The molecule has 0 saturated heterocycles. The topological polar surface area (TPSA) is 74.7 Å². The van der Waals surface area contributed by atoms with Crippen LogP contribution < -0.4 is 4.31 Å². The van der Waals surface area contributed by atoms with E-state index >= 15 is 0 Å². The normalized spacial score (nSPS) is 11.3. The molecule has 1 N–H and O–H groups in total. The van der Waals surface area contributed by atoms with Gasteiger partial charge in [0.25, 0.3) is 10.0 Å². The van der Waals surface area contributed by atoms with Crippen molar-refractivity contribution in [1.29, 1.82) is 0 Å². The highest BCUT2D eigenvalue weighted by atomic mass is 79.9. The lowest BCUT2D eigenvalue weighted by Gasteiger charge is -2.24. The Hall–Kier alpha value is -1.64. The van der Waals surface area contributed by atoms with Crippen LogP contribution in [-0.4, -0.2) is 26.0 Å². The fraction of sp³-hybridized carbons (Fsp3) is 0.133. The van der Waals surface area contributed by atoms with Crippen LogP contribution in [0, 0.1) is 5.82 Å². The number of hydrogen-bond donors (Lipinski definition) is 1. The van der Waals surface area contributed by atoms with E-state index in [0.717, 1.165) is 16.4 Å². The number of anilines is 1. The zero-order chi connectivity index (χ0) is 17.9. The van der Waals surface area contributed by atoms with E-state index in [1.807, 2.05) is 0 Å². The highest BCUT2D eigenvalue weighted by Crippen LogP contribution is 2.28. The van der Waals surface area contributed by atoms with E-state index in [9.17, 15) is 17.6 Å². The van der Waals surface area contributed by atoms with Crippen molar-refractivity contribution in [3.8, 4) is 0 Å². The Balaban J connectivity index is 2.50. The Morgan fingerprint density at radius 2 is 1.83 bits per heavy atom. The molecule has 128 valence electrons. The number of rotatable bonds is 6. The van der Waals surface area contributed by atoms with Gasteiger partial charge in [-0.25, -0.2) is 12.8 Å². The molecule has 2 aromatic carbocycles. The third-order valence-corrected chi connectivity index (χ3v) is 5.78. The fourth-order valence-electron chi connectivity index (χ4n) is 1.96. The highest BCUT2D eigenvalue weighted by Gasteiger charge is 2.26. The summed E-state index contributed by atoms with van der Waals surface area (Å²) >= 11 is 8.93. The minimum atomic E-state index is -4.03. The van der Waals surface area contributed by atoms with Crippen LogP contribution in [-0.2, 0) is 14.8 Å². The van der Waals surface area contributed by atoms with Crippen molar-refractivity contribution in [1.82, 2.24) is 0 Å². The van der Waals surface area contributed by atoms with E-state index in [4.69, 9.17) is 16.7 Å².